The molecular weight excluding hydrogens is 256 g/mol. The molecule has 0 aliphatic rings. The second kappa shape index (κ2) is 8.80. The van der Waals surface area contributed by atoms with Gasteiger partial charge in [-0.25, -0.2) is 0 Å². The van der Waals surface area contributed by atoms with Crippen LogP contribution in [0.25, 0.3) is 6.08 Å². The van der Waals surface area contributed by atoms with Gasteiger partial charge in [-0.05, 0) is 12.5 Å². The third kappa shape index (κ3) is 5.61. The number of ketones is 1. The van der Waals surface area contributed by atoms with Crippen molar-refractivity contribution in [2.24, 2.45) is 0 Å². The average Bonchev–Trinajstić information content (AvgIpc) is 2.46. The molecule has 106 valence electrons. The molecule has 0 aliphatic carbocycles. The summed E-state index contributed by atoms with van der Waals surface area (Å²) in [6.07, 6.45) is 5.03. The number of hydrogen-bond acceptors (Lipinski definition) is 4. The van der Waals surface area contributed by atoms with Crippen molar-refractivity contribution in [3.8, 4) is 0 Å². The van der Waals surface area contributed by atoms with E-state index in [1.807, 2.05) is 6.08 Å². The number of hydrogen-bond donors (Lipinski definition) is 0. The van der Waals surface area contributed by atoms with E-state index in [1.54, 1.807) is 37.3 Å². The van der Waals surface area contributed by atoms with Gasteiger partial charge in [0.05, 0.1) is 13.0 Å². The van der Waals surface area contributed by atoms with Crippen LogP contribution in [-0.2, 0) is 14.3 Å². The summed E-state index contributed by atoms with van der Waals surface area (Å²) in [5.74, 6) is -0.434. The maximum atomic E-state index is 11.9. The lowest BCUT2D eigenvalue weighted by Crippen LogP contribution is -2.07. The highest BCUT2D eigenvalue weighted by atomic mass is 16.5. The fourth-order valence-electron chi connectivity index (χ4n) is 1.63. The highest BCUT2D eigenvalue weighted by Gasteiger charge is 2.09. The number of carbonyl (C=O) groups is 3. The van der Waals surface area contributed by atoms with Gasteiger partial charge < -0.3 is 9.53 Å². The number of aldehydes is 1. The Hall–Kier alpha value is -2.23. The van der Waals surface area contributed by atoms with Gasteiger partial charge >= 0.3 is 5.97 Å². The third-order valence-electron chi connectivity index (χ3n) is 2.64. The zero-order chi connectivity index (χ0) is 14.8. The molecule has 0 amide bonds. The van der Waals surface area contributed by atoms with Crippen LogP contribution in [0.4, 0.5) is 0 Å². The van der Waals surface area contributed by atoms with Gasteiger partial charge in [-0.3, -0.25) is 9.59 Å². The largest absolute Gasteiger partial charge is 0.466 e. The van der Waals surface area contributed by atoms with Crippen LogP contribution in [0.1, 0.15) is 42.1 Å². The number of ether oxygens (including phenoxy) is 1. The number of carbonyl (C=O) groups excluding carboxylic acids is 3. The highest BCUT2D eigenvalue weighted by molar-refractivity contribution is 5.97. The molecule has 4 nitrogen and oxygen atoms in total. The first kappa shape index (κ1) is 15.8. The summed E-state index contributed by atoms with van der Waals surface area (Å²) in [5.41, 5.74) is 1.50. The molecule has 0 aromatic heterocycles. The zero-order valence-electron chi connectivity index (χ0n) is 11.5. The van der Waals surface area contributed by atoms with Crippen molar-refractivity contribution in [3.05, 3.63) is 41.5 Å². The lowest BCUT2D eigenvalue weighted by atomic mass is 10.0. The van der Waals surface area contributed by atoms with Crippen molar-refractivity contribution in [1.82, 2.24) is 0 Å². The number of Topliss-reactive ketones (excluding diaryl/α,β-unsaturated/α-hetero) is 1. The molecule has 20 heavy (non-hydrogen) atoms. The first-order valence-corrected chi connectivity index (χ1v) is 6.56. The molecular formula is C16H18O4. The second-order valence-corrected chi connectivity index (χ2v) is 4.15. The summed E-state index contributed by atoms with van der Waals surface area (Å²) in [6.45, 7) is 2.06. The molecule has 0 saturated heterocycles. The second-order valence-electron chi connectivity index (χ2n) is 4.15. The average molecular weight is 274 g/mol. The normalized spacial score (nSPS) is 10.4. The zero-order valence-corrected chi connectivity index (χ0v) is 11.5. The van der Waals surface area contributed by atoms with Crippen molar-refractivity contribution in [1.29, 1.82) is 0 Å². The molecule has 0 unspecified atom stereocenters. The molecule has 0 N–H and O–H groups in total. The van der Waals surface area contributed by atoms with E-state index in [4.69, 9.17) is 4.74 Å². The molecule has 0 saturated carbocycles. The summed E-state index contributed by atoms with van der Waals surface area (Å²) in [6, 6.07) is 7.04. The minimum Gasteiger partial charge on any atom is -0.466 e. The molecule has 0 radical (unpaired) electrons. The molecule has 0 fully saturated rings. The van der Waals surface area contributed by atoms with Gasteiger partial charge in [-0.1, -0.05) is 36.4 Å². The molecule has 1 rings (SSSR count). The topological polar surface area (TPSA) is 60.4 Å². The van der Waals surface area contributed by atoms with Crippen LogP contribution < -0.4 is 0 Å². The standard InChI is InChI=1S/C16H18O4/c1-2-20-16(19)11-10-15(18)14-8-6-13(7-9-14)5-3-4-12-17/h3,5-9,12H,2,4,10-11H2,1H3. The van der Waals surface area contributed by atoms with Gasteiger partial charge in [-0.15, -0.1) is 0 Å². The Morgan fingerprint density at radius 2 is 1.85 bits per heavy atom. The van der Waals surface area contributed by atoms with Crippen LogP contribution in [0, 0.1) is 0 Å². The predicted molar refractivity (Wildman–Crippen MR) is 76.4 cm³/mol. The molecule has 1 aromatic carbocycles. The molecule has 4 heteroatoms. The van der Waals surface area contributed by atoms with E-state index in [0.717, 1.165) is 11.8 Å². The molecule has 0 bridgehead atoms. The van der Waals surface area contributed by atoms with E-state index >= 15 is 0 Å². The number of benzene rings is 1. The summed E-state index contributed by atoms with van der Waals surface area (Å²) in [4.78, 5) is 33.2. The number of allylic oxidation sites excluding steroid dienone is 1. The van der Waals surface area contributed by atoms with Gasteiger partial charge in [0.1, 0.15) is 6.29 Å². The predicted octanol–water partition coefficient (Wildman–Crippen LogP) is 2.81. The maximum Gasteiger partial charge on any atom is 0.306 e. The van der Waals surface area contributed by atoms with Gasteiger partial charge in [-0.2, -0.15) is 0 Å². The molecule has 0 atom stereocenters. The van der Waals surface area contributed by atoms with Crippen molar-refractivity contribution in [3.63, 3.8) is 0 Å². The summed E-state index contributed by atoms with van der Waals surface area (Å²) < 4.78 is 4.77. The van der Waals surface area contributed by atoms with E-state index < -0.39 is 0 Å². The van der Waals surface area contributed by atoms with Gasteiger partial charge in [0.25, 0.3) is 0 Å². The Labute approximate surface area is 118 Å². The van der Waals surface area contributed by atoms with Gasteiger partial charge in [0.15, 0.2) is 5.78 Å². The third-order valence-corrected chi connectivity index (χ3v) is 2.64. The SMILES string of the molecule is CCOC(=O)CCC(=O)c1ccc(C=CCC=O)cc1. The minimum atomic E-state index is -0.353. The van der Waals surface area contributed by atoms with E-state index in [1.165, 1.54) is 0 Å². The van der Waals surface area contributed by atoms with Crippen LogP contribution in [0.5, 0.6) is 0 Å². The Bertz CT molecular complexity index is 486. The minimum absolute atomic E-state index is 0.0820. The first-order valence-electron chi connectivity index (χ1n) is 6.56. The number of esters is 1. The van der Waals surface area contributed by atoms with E-state index in [0.29, 0.717) is 18.6 Å². The van der Waals surface area contributed by atoms with Crippen LogP contribution in [-0.4, -0.2) is 24.6 Å². The number of rotatable bonds is 8. The van der Waals surface area contributed by atoms with Crippen molar-refractivity contribution in [2.75, 3.05) is 6.61 Å². The Balaban J connectivity index is 2.53. The summed E-state index contributed by atoms with van der Waals surface area (Å²) in [7, 11) is 0. The van der Waals surface area contributed by atoms with Crippen LogP contribution in [0.2, 0.25) is 0 Å². The van der Waals surface area contributed by atoms with E-state index in [2.05, 4.69) is 0 Å². The van der Waals surface area contributed by atoms with E-state index in [9.17, 15) is 14.4 Å². The van der Waals surface area contributed by atoms with Crippen LogP contribution >= 0.6 is 0 Å². The lowest BCUT2D eigenvalue weighted by molar-refractivity contribution is -0.143. The quantitative estimate of drug-likeness (QED) is 0.415. The highest BCUT2D eigenvalue weighted by Crippen LogP contribution is 2.10. The Morgan fingerprint density at radius 3 is 2.45 bits per heavy atom. The van der Waals surface area contributed by atoms with E-state index in [-0.39, 0.29) is 24.6 Å². The maximum absolute atomic E-state index is 11.9. The van der Waals surface area contributed by atoms with Crippen molar-refractivity contribution < 1.29 is 19.1 Å². The summed E-state index contributed by atoms with van der Waals surface area (Å²) >= 11 is 0. The Morgan fingerprint density at radius 1 is 1.15 bits per heavy atom. The van der Waals surface area contributed by atoms with Gasteiger partial charge in [0.2, 0.25) is 0 Å². The van der Waals surface area contributed by atoms with Gasteiger partial charge in [0, 0.05) is 18.4 Å². The molecule has 0 heterocycles. The Kier molecular flexibility index (Phi) is 6.96. The fraction of sp³-hybridized carbons (Fsp3) is 0.312. The molecule has 0 spiro atoms. The van der Waals surface area contributed by atoms with Crippen molar-refractivity contribution in [2.45, 2.75) is 26.2 Å². The molecule has 0 aliphatic heterocycles. The monoisotopic (exact) mass is 274 g/mol. The summed E-state index contributed by atoms with van der Waals surface area (Å²) in [5, 5.41) is 0. The van der Waals surface area contributed by atoms with Crippen LogP contribution in [0.15, 0.2) is 30.3 Å². The fourth-order valence-corrected chi connectivity index (χ4v) is 1.63. The smallest absolute Gasteiger partial charge is 0.306 e. The first-order chi connectivity index (χ1) is 9.67. The van der Waals surface area contributed by atoms with Crippen LogP contribution in [0.3, 0.4) is 0 Å². The van der Waals surface area contributed by atoms with Crippen molar-refractivity contribution >= 4 is 24.1 Å². The lowest BCUT2D eigenvalue weighted by Gasteiger charge is -2.02. The molecule has 1 aromatic rings.